The molecule has 3 nitrogen and oxygen atoms in total. The number of carbonyl (C=O) groups is 1. The maximum Gasteiger partial charge on any atom is 0.250 e. The van der Waals surface area contributed by atoms with Crippen LogP contribution < -0.4 is 5.32 Å². The van der Waals surface area contributed by atoms with Gasteiger partial charge in [0.1, 0.15) is 6.61 Å². The van der Waals surface area contributed by atoms with E-state index in [4.69, 9.17) is 4.74 Å². The number of nitrogens with one attached hydrogen (secondary N) is 1. The quantitative estimate of drug-likeness (QED) is 0.871. The normalized spacial score (nSPS) is 11.3. The number of rotatable bonds is 4. The van der Waals surface area contributed by atoms with E-state index in [-0.39, 0.29) is 17.9 Å². The molecule has 1 N–H and O–H groups in total. The second-order valence-electron chi connectivity index (χ2n) is 4.98. The van der Waals surface area contributed by atoms with Gasteiger partial charge in [-0.15, -0.1) is 0 Å². The van der Waals surface area contributed by atoms with Crippen molar-refractivity contribution < 1.29 is 9.53 Å². The van der Waals surface area contributed by atoms with Gasteiger partial charge in [-0.2, -0.15) is 0 Å². The van der Waals surface area contributed by atoms with Crippen molar-refractivity contribution in [2.75, 3.05) is 18.5 Å². The van der Waals surface area contributed by atoms with Crippen LogP contribution in [-0.4, -0.2) is 19.1 Å². The van der Waals surface area contributed by atoms with Gasteiger partial charge in [-0.25, -0.2) is 0 Å². The smallest absolute Gasteiger partial charge is 0.250 e. The molecule has 1 aromatic rings. The molecule has 0 saturated heterocycles. The number of ether oxygens (including phenoxy) is 1. The molecule has 1 amide bonds. The third-order valence-corrected chi connectivity index (χ3v) is 2.45. The Morgan fingerprint density at radius 2 is 1.94 bits per heavy atom. The van der Waals surface area contributed by atoms with Crippen LogP contribution in [0.4, 0.5) is 5.69 Å². The standard InChI is InChI=1S/C14H21NO2/c1-5-17-10-13(16)15-12-9-7-6-8-11(12)14(2,3)4/h6-9H,5,10H2,1-4H3,(H,15,16). The molecule has 0 heterocycles. The second-order valence-corrected chi connectivity index (χ2v) is 4.98. The van der Waals surface area contributed by atoms with Gasteiger partial charge in [0.2, 0.25) is 5.91 Å². The zero-order chi connectivity index (χ0) is 12.9. The van der Waals surface area contributed by atoms with Crippen LogP contribution in [0.2, 0.25) is 0 Å². The Balaban J connectivity index is 2.81. The van der Waals surface area contributed by atoms with Crippen LogP contribution in [0.15, 0.2) is 24.3 Å². The molecule has 0 fully saturated rings. The predicted molar refractivity (Wildman–Crippen MR) is 70.3 cm³/mol. The zero-order valence-electron chi connectivity index (χ0n) is 11.0. The maximum atomic E-state index is 11.6. The number of anilines is 1. The summed E-state index contributed by atoms with van der Waals surface area (Å²) in [5.41, 5.74) is 2.00. The van der Waals surface area contributed by atoms with E-state index in [2.05, 4.69) is 26.1 Å². The van der Waals surface area contributed by atoms with Gasteiger partial charge >= 0.3 is 0 Å². The molecule has 0 saturated carbocycles. The lowest BCUT2D eigenvalue weighted by Crippen LogP contribution is -2.21. The molecule has 0 unspecified atom stereocenters. The minimum atomic E-state index is -0.108. The van der Waals surface area contributed by atoms with Crippen molar-refractivity contribution in [1.29, 1.82) is 0 Å². The Kier molecular flexibility index (Phi) is 4.70. The highest BCUT2D eigenvalue weighted by Crippen LogP contribution is 2.29. The van der Waals surface area contributed by atoms with Crippen molar-refractivity contribution in [3.05, 3.63) is 29.8 Å². The summed E-state index contributed by atoms with van der Waals surface area (Å²) in [5, 5.41) is 2.89. The molecular formula is C14H21NO2. The summed E-state index contributed by atoms with van der Waals surface area (Å²) in [5.74, 6) is -0.108. The summed E-state index contributed by atoms with van der Waals surface area (Å²) < 4.78 is 5.08. The first-order chi connectivity index (χ1) is 7.95. The number of benzene rings is 1. The predicted octanol–water partition coefficient (Wildman–Crippen LogP) is 2.96. The van der Waals surface area contributed by atoms with E-state index in [0.29, 0.717) is 6.61 Å². The van der Waals surface area contributed by atoms with Gasteiger partial charge in [0.05, 0.1) is 0 Å². The zero-order valence-corrected chi connectivity index (χ0v) is 11.0. The lowest BCUT2D eigenvalue weighted by molar-refractivity contribution is -0.120. The van der Waals surface area contributed by atoms with E-state index in [9.17, 15) is 4.79 Å². The Morgan fingerprint density at radius 3 is 2.53 bits per heavy atom. The molecule has 94 valence electrons. The van der Waals surface area contributed by atoms with Gasteiger partial charge in [-0.3, -0.25) is 4.79 Å². The minimum Gasteiger partial charge on any atom is -0.372 e. The van der Waals surface area contributed by atoms with Gasteiger partial charge in [-0.05, 0) is 24.0 Å². The fourth-order valence-electron chi connectivity index (χ4n) is 1.63. The molecule has 17 heavy (non-hydrogen) atoms. The molecule has 0 bridgehead atoms. The third-order valence-electron chi connectivity index (χ3n) is 2.45. The van der Waals surface area contributed by atoms with E-state index in [1.807, 2.05) is 31.2 Å². The van der Waals surface area contributed by atoms with Gasteiger partial charge in [0.15, 0.2) is 0 Å². The van der Waals surface area contributed by atoms with Crippen molar-refractivity contribution in [3.63, 3.8) is 0 Å². The first-order valence-corrected chi connectivity index (χ1v) is 5.92. The average Bonchev–Trinajstić information content (AvgIpc) is 2.25. The molecule has 0 atom stereocenters. The van der Waals surface area contributed by atoms with E-state index < -0.39 is 0 Å². The average molecular weight is 235 g/mol. The number of para-hydroxylation sites is 1. The van der Waals surface area contributed by atoms with Crippen LogP contribution in [0.5, 0.6) is 0 Å². The van der Waals surface area contributed by atoms with E-state index in [1.165, 1.54) is 0 Å². The second kappa shape index (κ2) is 5.82. The van der Waals surface area contributed by atoms with E-state index in [0.717, 1.165) is 11.3 Å². The topological polar surface area (TPSA) is 38.3 Å². The molecule has 0 aliphatic rings. The number of carbonyl (C=O) groups excluding carboxylic acids is 1. The Labute approximate surface area is 103 Å². The van der Waals surface area contributed by atoms with E-state index >= 15 is 0 Å². The molecular weight excluding hydrogens is 214 g/mol. The van der Waals surface area contributed by atoms with Gasteiger partial charge in [-0.1, -0.05) is 39.0 Å². The van der Waals surface area contributed by atoms with Gasteiger partial charge in [0.25, 0.3) is 0 Å². The summed E-state index contributed by atoms with van der Waals surface area (Å²) in [6.07, 6.45) is 0. The van der Waals surface area contributed by atoms with Crippen molar-refractivity contribution in [1.82, 2.24) is 0 Å². The molecule has 1 rings (SSSR count). The van der Waals surface area contributed by atoms with E-state index in [1.54, 1.807) is 0 Å². The Bertz CT molecular complexity index is 380. The van der Waals surface area contributed by atoms with Crippen LogP contribution in [0.1, 0.15) is 33.3 Å². The SMILES string of the molecule is CCOCC(=O)Nc1ccccc1C(C)(C)C. The van der Waals surface area contributed by atoms with Crippen molar-refractivity contribution >= 4 is 11.6 Å². The Hall–Kier alpha value is -1.35. The highest BCUT2D eigenvalue weighted by molar-refractivity contribution is 5.92. The number of hydrogen-bond donors (Lipinski definition) is 1. The van der Waals surface area contributed by atoms with Crippen molar-refractivity contribution in [2.45, 2.75) is 33.1 Å². The summed E-state index contributed by atoms with van der Waals surface area (Å²) in [6.45, 7) is 8.90. The Morgan fingerprint density at radius 1 is 1.29 bits per heavy atom. The maximum absolute atomic E-state index is 11.6. The summed E-state index contributed by atoms with van der Waals surface area (Å²) in [7, 11) is 0. The first kappa shape index (κ1) is 13.7. The molecule has 0 aliphatic carbocycles. The van der Waals surface area contributed by atoms with Crippen LogP contribution in [0, 0.1) is 0 Å². The first-order valence-electron chi connectivity index (χ1n) is 5.92. The highest BCUT2D eigenvalue weighted by Gasteiger charge is 2.18. The molecule has 3 heteroatoms. The molecule has 0 aliphatic heterocycles. The molecule has 0 spiro atoms. The third kappa shape index (κ3) is 4.19. The molecule has 0 aromatic heterocycles. The van der Waals surface area contributed by atoms with Crippen LogP contribution >= 0.6 is 0 Å². The number of hydrogen-bond acceptors (Lipinski definition) is 2. The minimum absolute atomic E-state index is 0.00941. The monoisotopic (exact) mass is 235 g/mol. The molecule has 1 aromatic carbocycles. The van der Waals surface area contributed by atoms with Crippen LogP contribution in [0.3, 0.4) is 0 Å². The fraction of sp³-hybridized carbons (Fsp3) is 0.500. The van der Waals surface area contributed by atoms with Gasteiger partial charge in [0, 0.05) is 12.3 Å². The van der Waals surface area contributed by atoms with Gasteiger partial charge < -0.3 is 10.1 Å². The fourth-order valence-corrected chi connectivity index (χ4v) is 1.63. The summed E-state index contributed by atoms with van der Waals surface area (Å²) in [6, 6.07) is 7.87. The lowest BCUT2D eigenvalue weighted by atomic mass is 9.86. The summed E-state index contributed by atoms with van der Waals surface area (Å²) >= 11 is 0. The summed E-state index contributed by atoms with van der Waals surface area (Å²) in [4.78, 5) is 11.6. The van der Waals surface area contributed by atoms with Crippen molar-refractivity contribution in [2.24, 2.45) is 0 Å². The lowest BCUT2D eigenvalue weighted by Gasteiger charge is -2.22. The highest BCUT2D eigenvalue weighted by atomic mass is 16.5. The van der Waals surface area contributed by atoms with Crippen molar-refractivity contribution in [3.8, 4) is 0 Å². The number of amides is 1. The largest absolute Gasteiger partial charge is 0.372 e. The molecule has 0 radical (unpaired) electrons. The van der Waals surface area contributed by atoms with Crippen LogP contribution in [-0.2, 0) is 14.9 Å². The van der Waals surface area contributed by atoms with Crippen LogP contribution in [0.25, 0.3) is 0 Å².